The number of rotatable bonds is 5. The van der Waals surface area contributed by atoms with Gasteiger partial charge in [-0.15, -0.1) is 0 Å². The molecule has 0 fully saturated rings. The van der Waals surface area contributed by atoms with Gasteiger partial charge in [-0.1, -0.05) is 18.2 Å². The fourth-order valence-corrected chi connectivity index (χ4v) is 1.34. The molecule has 4 heteroatoms. The summed E-state index contributed by atoms with van der Waals surface area (Å²) in [5.74, 6) is -0.743. The molecule has 4 N–H and O–H groups in total. The van der Waals surface area contributed by atoms with E-state index in [2.05, 4.69) is 0 Å². The van der Waals surface area contributed by atoms with Crippen LogP contribution in [0.15, 0.2) is 24.3 Å². The Morgan fingerprint density at radius 1 is 1.47 bits per heavy atom. The number of benzene rings is 1. The minimum absolute atomic E-state index is 0.0371. The molecule has 0 radical (unpaired) electrons. The smallest absolute Gasteiger partial charge is 0.303 e. The summed E-state index contributed by atoms with van der Waals surface area (Å²) in [5, 5.41) is 15.7. The van der Waals surface area contributed by atoms with Crippen molar-refractivity contribution in [3.63, 3.8) is 0 Å². The van der Waals surface area contributed by atoms with Crippen molar-refractivity contribution < 1.29 is 9.90 Å². The predicted octanol–water partition coefficient (Wildman–Crippen LogP) is 1.38. The maximum absolute atomic E-state index is 10.3. The zero-order valence-electron chi connectivity index (χ0n) is 8.36. The normalized spacial score (nSPS) is 9.87. The summed E-state index contributed by atoms with van der Waals surface area (Å²) in [4.78, 5) is 10.3. The van der Waals surface area contributed by atoms with E-state index in [0.717, 1.165) is 5.56 Å². The Morgan fingerprint density at radius 3 is 2.80 bits per heavy atom. The van der Waals surface area contributed by atoms with Crippen LogP contribution in [0.25, 0.3) is 0 Å². The van der Waals surface area contributed by atoms with E-state index in [1.165, 1.54) is 0 Å². The van der Waals surface area contributed by atoms with Gasteiger partial charge in [0.1, 0.15) is 5.84 Å². The molecule has 0 saturated carbocycles. The van der Waals surface area contributed by atoms with Gasteiger partial charge in [0, 0.05) is 12.0 Å². The maximum Gasteiger partial charge on any atom is 0.303 e. The summed E-state index contributed by atoms with van der Waals surface area (Å²) in [6, 6.07) is 7.33. The molecule has 80 valence electrons. The first-order valence-corrected chi connectivity index (χ1v) is 4.74. The molecule has 0 amide bonds. The van der Waals surface area contributed by atoms with E-state index in [9.17, 15) is 4.79 Å². The first kappa shape index (κ1) is 11.2. The van der Waals surface area contributed by atoms with Crippen molar-refractivity contribution in [3.05, 3.63) is 35.4 Å². The predicted molar refractivity (Wildman–Crippen MR) is 58.0 cm³/mol. The molecular formula is C11H14N2O2. The molecule has 1 aromatic rings. The van der Waals surface area contributed by atoms with Crippen molar-refractivity contribution in [2.24, 2.45) is 5.73 Å². The molecular weight excluding hydrogens is 192 g/mol. The summed E-state index contributed by atoms with van der Waals surface area (Å²) in [6.07, 6.45) is 1.48. The number of hydrogen-bond donors (Lipinski definition) is 3. The fourth-order valence-electron chi connectivity index (χ4n) is 1.34. The minimum Gasteiger partial charge on any atom is -0.481 e. The van der Waals surface area contributed by atoms with Gasteiger partial charge in [0.25, 0.3) is 0 Å². The van der Waals surface area contributed by atoms with Crippen LogP contribution in [0.3, 0.4) is 0 Å². The van der Waals surface area contributed by atoms with Gasteiger partial charge in [0.2, 0.25) is 0 Å². The molecule has 0 unspecified atom stereocenters. The standard InChI is InChI=1S/C11H14N2O2/c12-11(13)9-5-1-3-8(7-9)4-2-6-10(14)15/h1,3,5,7H,2,4,6H2,(H3,12,13)(H,14,15). The Kier molecular flexibility index (Phi) is 3.85. The second-order valence-electron chi connectivity index (χ2n) is 3.36. The first-order chi connectivity index (χ1) is 7.09. The second-order valence-corrected chi connectivity index (χ2v) is 3.36. The maximum atomic E-state index is 10.3. The van der Waals surface area contributed by atoms with E-state index in [4.69, 9.17) is 16.2 Å². The third-order valence-corrected chi connectivity index (χ3v) is 2.09. The van der Waals surface area contributed by atoms with Gasteiger partial charge < -0.3 is 10.8 Å². The number of aryl methyl sites for hydroxylation is 1. The lowest BCUT2D eigenvalue weighted by atomic mass is 10.0. The highest BCUT2D eigenvalue weighted by Crippen LogP contribution is 2.08. The molecule has 1 aromatic carbocycles. The summed E-state index contributed by atoms with van der Waals surface area (Å²) < 4.78 is 0. The number of hydrogen-bond acceptors (Lipinski definition) is 2. The largest absolute Gasteiger partial charge is 0.481 e. The van der Waals surface area contributed by atoms with Crippen LogP contribution >= 0.6 is 0 Å². The summed E-state index contributed by atoms with van der Waals surface area (Å²) in [7, 11) is 0. The lowest BCUT2D eigenvalue weighted by Gasteiger charge is -2.02. The van der Waals surface area contributed by atoms with E-state index < -0.39 is 5.97 Å². The molecule has 0 aliphatic carbocycles. The molecule has 15 heavy (non-hydrogen) atoms. The molecule has 0 aromatic heterocycles. The van der Waals surface area contributed by atoms with Gasteiger partial charge in [-0.25, -0.2) is 0 Å². The number of amidine groups is 1. The molecule has 1 rings (SSSR count). The van der Waals surface area contributed by atoms with Crippen molar-refractivity contribution >= 4 is 11.8 Å². The monoisotopic (exact) mass is 206 g/mol. The van der Waals surface area contributed by atoms with Crippen molar-refractivity contribution in [1.29, 1.82) is 5.41 Å². The SMILES string of the molecule is N=C(N)c1cccc(CCCC(=O)O)c1. The van der Waals surface area contributed by atoms with Crippen LogP contribution < -0.4 is 5.73 Å². The molecule has 0 bridgehead atoms. The van der Waals surface area contributed by atoms with Crippen LogP contribution in [0.1, 0.15) is 24.0 Å². The van der Waals surface area contributed by atoms with Crippen molar-refractivity contribution in [1.82, 2.24) is 0 Å². The van der Waals surface area contributed by atoms with Gasteiger partial charge >= 0.3 is 5.97 Å². The summed E-state index contributed by atoms with van der Waals surface area (Å²) in [5.41, 5.74) is 7.05. The molecule has 0 spiro atoms. The quantitative estimate of drug-likeness (QED) is 0.502. The average Bonchev–Trinajstić information content (AvgIpc) is 2.17. The Balaban J connectivity index is 2.58. The number of nitrogen functional groups attached to an aromatic ring is 1. The number of carbonyl (C=O) groups is 1. The number of carboxylic acids is 1. The van der Waals surface area contributed by atoms with E-state index in [-0.39, 0.29) is 12.3 Å². The number of nitrogens with one attached hydrogen (secondary N) is 1. The van der Waals surface area contributed by atoms with Gasteiger partial charge in [-0.05, 0) is 24.5 Å². The second kappa shape index (κ2) is 5.14. The fraction of sp³-hybridized carbons (Fsp3) is 0.273. The highest BCUT2D eigenvalue weighted by atomic mass is 16.4. The van der Waals surface area contributed by atoms with Gasteiger partial charge in [0.05, 0.1) is 0 Å². The van der Waals surface area contributed by atoms with Crippen molar-refractivity contribution in [2.45, 2.75) is 19.3 Å². The molecule has 0 heterocycles. The van der Waals surface area contributed by atoms with Crippen LogP contribution in [0.2, 0.25) is 0 Å². The minimum atomic E-state index is -0.780. The summed E-state index contributed by atoms with van der Waals surface area (Å²) >= 11 is 0. The highest BCUT2D eigenvalue weighted by molar-refractivity contribution is 5.95. The van der Waals surface area contributed by atoms with Gasteiger partial charge in [0.15, 0.2) is 0 Å². The number of carboxylic acid groups (broad SMARTS) is 1. The molecule has 0 atom stereocenters. The van der Waals surface area contributed by atoms with Crippen LogP contribution in [0.4, 0.5) is 0 Å². The Morgan fingerprint density at radius 2 is 2.20 bits per heavy atom. The Hall–Kier alpha value is -1.84. The molecule has 0 saturated heterocycles. The molecule has 0 aliphatic heterocycles. The zero-order valence-corrected chi connectivity index (χ0v) is 8.36. The number of nitrogens with two attached hydrogens (primary N) is 1. The van der Waals surface area contributed by atoms with E-state index >= 15 is 0 Å². The average molecular weight is 206 g/mol. The topological polar surface area (TPSA) is 87.2 Å². The van der Waals surface area contributed by atoms with Crippen LogP contribution in [0.5, 0.6) is 0 Å². The third-order valence-electron chi connectivity index (χ3n) is 2.09. The Bertz CT molecular complexity index is 375. The highest BCUT2D eigenvalue weighted by Gasteiger charge is 2.00. The lowest BCUT2D eigenvalue weighted by molar-refractivity contribution is -0.137. The summed E-state index contributed by atoms with van der Waals surface area (Å²) in [6.45, 7) is 0. The molecule has 4 nitrogen and oxygen atoms in total. The van der Waals surface area contributed by atoms with E-state index in [1.54, 1.807) is 6.07 Å². The van der Waals surface area contributed by atoms with Gasteiger partial charge in [-0.3, -0.25) is 10.2 Å². The van der Waals surface area contributed by atoms with Crippen LogP contribution in [-0.4, -0.2) is 16.9 Å². The van der Waals surface area contributed by atoms with Crippen molar-refractivity contribution in [2.75, 3.05) is 0 Å². The molecule has 0 aliphatic rings. The zero-order chi connectivity index (χ0) is 11.3. The van der Waals surface area contributed by atoms with E-state index in [0.29, 0.717) is 18.4 Å². The van der Waals surface area contributed by atoms with Crippen LogP contribution in [0, 0.1) is 5.41 Å². The lowest BCUT2D eigenvalue weighted by Crippen LogP contribution is -2.11. The number of aliphatic carboxylic acids is 1. The van der Waals surface area contributed by atoms with Gasteiger partial charge in [-0.2, -0.15) is 0 Å². The Labute approximate surface area is 88.2 Å². The van der Waals surface area contributed by atoms with Crippen molar-refractivity contribution in [3.8, 4) is 0 Å². The van der Waals surface area contributed by atoms with E-state index in [1.807, 2.05) is 18.2 Å². The van der Waals surface area contributed by atoms with Crippen LogP contribution in [-0.2, 0) is 11.2 Å². The third kappa shape index (κ3) is 3.81. The first-order valence-electron chi connectivity index (χ1n) is 4.74.